The van der Waals surface area contributed by atoms with Crippen molar-refractivity contribution in [3.05, 3.63) is 51.8 Å². The van der Waals surface area contributed by atoms with Crippen LogP contribution in [0.5, 0.6) is 0 Å². The number of benzene rings is 1. The van der Waals surface area contributed by atoms with E-state index < -0.39 is 0 Å². The van der Waals surface area contributed by atoms with Gasteiger partial charge in [0.2, 0.25) is 0 Å². The number of hydrogen-bond acceptors (Lipinski definition) is 2. The lowest BCUT2D eigenvalue weighted by Gasteiger charge is -2.08. The predicted octanol–water partition coefficient (Wildman–Crippen LogP) is 2.81. The molecule has 1 aromatic carbocycles. The van der Waals surface area contributed by atoms with Gasteiger partial charge in [-0.25, -0.2) is 4.79 Å². The van der Waals surface area contributed by atoms with E-state index in [1.165, 1.54) is 0 Å². The van der Waals surface area contributed by atoms with E-state index >= 15 is 0 Å². The minimum absolute atomic E-state index is 0.185. The predicted molar refractivity (Wildman–Crippen MR) is 88.5 cm³/mol. The molecule has 0 bridgehead atoms. The second-order valence-electron chi connectivity index (χ2n) is 4.91. The average Bonchev–Trinajstić information content (AvgIpc) is 2.83. The Morgan fingerprint density at radius 2 is 1.77 bits per heavy atom. The molecule has 22 heavy (non-hydrogen) atoms. The van der Waals surface area contributed by atoms with Crippen molar-refractivity contribution in [2.45, 2.75) is 12.8 Å². The molecule has 0 saturated carbocycles. The standard InChI is InChI=1S/C15H18Cl2N4O/c1-21-14(4-7-20-21)3-6-19-15(22)18-5-2-11-8-12(16)10-13(17)9-11/h4,7-10H,2-3,5-6H2,1H3,(H2,18,19,22). The van der Waals surface area contributed by atoms with Gasteiger partial charge in [0.15, 0.2) is 0 Å². The Labute approximate surface area is 139 Å². The maximum Gasteiger partial charge on any atom is 0.314 e. The number of halogens is 2. The fraction of sp³-hybridized carbons (Fsp3) is 0.333. The third-order valence-electron chi connectivity index (χ3n) is 3.21. The van der Waals surface area contributed by atoms with Gasteiger partial charge in [-0.15, -0.1) is 0 Å². The molecule has 1 heterocycles. The number of urea groups is 1. The van der Waals surface area contributed by atoms with Crippen LogP contribution >= 0.6 is 23.2 Å². The molecule has 0 aliphatic carbocycles. The number of nitrogens with one attached hydrogen (secondary N) is 2. The molecule has 0 unspecified atom stereocenters. The highest BCUT2D eigenvalue weighted by Crippen LogP contribution is 2.19. The Morgan fingerprint density at radius 1 is 1.14 bits per heavy atom. The summed E-state index contributed by atoms with van der Waals surface area (Å²) in [4.78, 5) is 11.7. The van der Waals surface area contributed by atoms with Crippen LogP contribution in [-0.4, -0.2) is 28.9 Å². The topological polar surface area (TPSA) is 59.0 Å². The molecular formula is C15H18Cl2N4O. The molecule has 2 amide bonds. The molecule has 2 N–H and O–H groups in total. The minimum Gasteiger partial charge on any atom is -0.338 e. The Kier molecular flexibility index (Phi) is 6.10. The maximum atomic E-state index is 11.7. The zero-order valence-corrected chi connectivity index (χ0v) is 13.8. The lowest BCUT2D eigenvalue weighted by atomic mass is 10.1. The number of aromatic nitrogens is 2. The number of hydrogen-bond donors (Lipinski definition) is 2. The number of nitrogens with zero attached hydrogens (tertiary/aromatic N) is 2. The van der Waals surface area contributed by atoms with Crippen molar-refractivity contribution in [1.82, 2.24) is 20.4 Å². The van der Waals surface area contributed by atoms with E-state index in [0.717, 1.165) is 17.7 Å². The summed E-state index contributed by atoms with van der Waals surface area (Å²) in [6, 6.07) is 7.12. The van der Waals surface area contributed by atoms with Crippen molar-refractivity contribution in [3.8, 4) is 0 Å². The van der Waals surface area contributed by atoms with Crippen molar-refractivity contribution in [3.63, 3.8) is 0 Å². The first-order valence-electron chi connectivity index (χ1n) is 6.98. The van der Waals surface area contributed by atoms with Gasteiger partial charge in [0, 0.05) is 48.5 Å². The van der Waals surface area contributed by atoms with Crippen molar-refractivity contribution in [1.29, 1.82) is 0 Å². The highest BCUT2D eigenvalue weighted by molar-refractivity contribution is 6.34. The molecular weight excluding hydrogens is 323 g/mol. The average molecular weight is 341 g/mol. The largest absolute Gasteiger partial charge is 0.338 e. The molecule has 0 spiro atoms. The highest BCUT2D eigenvalue weighted by Gasteiger charge is 2.03. The van der Waals surface area contributed by atoms with Gasteiger partial charge in [-0.2, -0.15) is 5.10 Å². The molecule has 0 aliphatic rings. The number of carbonyl (C=O) groups excluding carboxylic acids is 1. The van der Waals surface area contributed by atoms with Gasteiger partial charge < -0.3 is 10.6 Å². The third kappa shape index (κ3) is 5.24. The summed E-state index contributed by atoms with van der Waals surface area (Å²) in [5.41, 5.74) is 2.07. The molecule has 118 valence electrons. The van der Waals surface area contributed by atoms with Crippen LogP contribution < -0.4 is 10.6 Å². The summed E-state index contributed by atoms with van der Waals surface area (Å²) in [7, 11) is 1.88. The summed E-state index contributed by atoms with van der Waals surface area (Å²) in [5, 5.41) is 10.9. The quantitative estimate of drug-likeness (QED) is 0.849. The van der Waals surface area contributed by atoms with Crippen molar-refractivity contribution >= 4 is 29.2 Å². The van der Waals surface area contributed by atoms with Gasteiger partial charge in [-0.05, 0) is 36.2 Å². The number of aryl methyl sites for hydroxylation is 1. The van der Waals surface area contributed by atoms with Crippen LogP contribution in [0.3, 0.4) is 0 Å². The zero-order valence-electron chi connectivity index (χ0n) is 12.3. The Morgan fingerprint density at radius 3 is 2.36 bits per heavy atom. The zero-order chi connectivity index (χ0) is 15.9. The van der Waals surface area contributed by atoms with Crippen molar-refractivity contribution in [2.24, 2.45) is 7.05 Å². The number of carbonyl (C=O) groups is 1. The molecule has 0 fully saturated rings. The molecule has 0 aliphatic heterocycles. The fourth-order valence-electron chi connectivity index (χ4n) is 2.09. The first-order chi connectivity index (χ1) is 10.5. The summed E-state index contributed by atoms with van der Waals surface area (Å²) in [6.07, 6.45) is 3.16. The van der Waals surface area contributed by atoms with E-state index in [1.807, 2.05) is 25.2 Å². The summed E-state index contributed by atoms with van der Waals surface area (Å²) >= 11 is 11.9. The van der Waals surface area contributed by atoms with Crippen LogP contribution in [0.1, 0.15) is 11.3 Å². The lowest BCUT2D eigenvalue weighted by Crippen LogP contribution is -2.37. The second kappa shape index (κ2) is 8.06. The van der Waals surface area contributed by atoms with Crippen LogP contribution in [0.4, 0.5) is 4.79 Å². The van der Waals surface area contributed by atoms with E-state index in [-0.39, 0.29) is 6.03 Å². The SMILES string of the molecule is Cn1nccc1CCNC(=O)NCCc1cc(Cl)cc(Cl)c1. The van der Waals surface area contributed by atoms with Crippen LogP contribution in [-0.2, 0) is 19.9 Å². The first-order valence-corrected chi connectivity index (χ1v) is 7.74. The van der Waals surface area contributed by atoms with E-state index in [1.54, 1.807) is 16.9 Å². The van der Waals surface area contributed by atoms with Crippen LogP contribution in [0.2, 0.25) is 10.0 Å². The third-order valence-corrected chi connectivity index (χ3v) is 3.65. The molecule has 2 aromatic rings. The van der Waals surface area contributed by atoms with Crippen molar-refractivity contribution < 1.29 is 4.79 Å². The van der Waals surface area contributed by atoms with Crippen molar-refractivity contribution in [2.75, 3.05) is 13.1 Å². The van der Waals surface area contributed by atoms with Gasteiger partial charge >= 0.3 is 6.03 Å². The molecule has 7 heteroatoms. The van der Waals surface area contributed by atoms with Gasteiger partial charge in [-0.3, -0.25) is 4.68 Å². The minimum atomic E-state index is -0.185. The molecule has 0 atom stereocenters. The highest BCUT2D eigenvalue weighted by atomic mass is 35.5. The number of amides is 2. The van der Waals surface area contributed by atoms with Crippen LogP contribution in [0.15, 0.2) is 30.5 Å². The van der Waals surface area contributed by atoms with E-state index in [0.29, 0.717) is 29.6 Å². The van der Waals surface area contributed by atoms with Crippen LogP contribution in [0.25, 0.3) is 0 Å². The molecule has 0 saturated heterocycles. The Balaban J connectivity index is 1.66. The Hall–Kier alpha value is -1.72. The van der Waals surface area contributed by atoms with Gasteiger partial charge in [0.05, 0.1) is 0 Å². The monoisotopic (exact) mass is 340 g/mol. The van der Waals surface area contributed by atoms with Crippen LogP contribution in [0, 0.1) is 0 Å². The molecule has 1 aromatic heterocycles. The first kappa shape index (κ1) is 16.6. The normalized spacial score (nSPS) is 10.5. The molecule has 5 nitrogen and oxygen atoms in total. The fourth-order valence-corrected chi connectivity index (χ4v) is 2.66. The maximum absolute atomic E-state index is 11.7. The van der Waals surface area contributed by atoms with E-state index in [4.69, 9.17) is 23.2 Å². The lowest BCUT2D eigenvalue weighted by molar-refractivity contribution is 0.241. The summed E-state index contributed by atoms with van der Waals surface area (Å²) in [6.45, 7) is 1.09. The van der Waals surface area contributed by atoms with E-state index in [9.17, 15) is 4.79 Å². The van der Waals surface area contributed by atoms with Gasteiger partial charge in [0.25, 0.3) is 0 Å². The summed E-state index contributed by atoms with van der Waals surface area (Å²) < 4.78 is 1.79. The Bertz CT molecular complexity index is 622. The van der Waals surface area contributed by atoms with E-state index in [2.05, 4.69) is 15.7 Å². The second-order valence-corrected chi connectivity index (χ2v) is 5.78. The van der Waals surface area contributed by atoms with Gasteiger partial charge in [0.1, 0.15) is 0 Å². The summed E-state index contributed by atoms with van der Waals surface area (Å²) in [5.74, 6) is 0. The number of rotatable bonds is 6. The molecule has 2 rings (SSSR count). The molecule has 0 radical (unpaired) electrons. The van der Waals surface area contributed by atoms with Gasteiger partial charge in [-0.1, -0.05) is 23.2 Å². The smallest absolute Gasteiger partial charge is 0.314 e.